The fourth-order valence-electron chi connectivity index (χ4n) is 1.62. The topological polar surface area (TPSA) is 98.5 Å². The monoisotopic (exact) mass is 278 g/mol. The highest BCUT2D eigenvalue weighted by atomic mass is 16.6. The fraction of sp³-hybridized carbons (Fsp3) is 0.385. The zero-order chi connectivity index (χ0) is 14.7. The Bertz CT molecular complexity index is 566. The molecule has 7 nitrogen and oxygen atoms in total. The van der Waals surface area contributed by atoms with Gasteiger partial charge in [0.2, 0.25) is 0 Å². The van der Waals surface area contributed by atoms with Crippen LogP contribution < -0.4 is 5.32 Å². The van der Waals surface area contributed by atoms with E-state index >= 15 is 0 Å². The predicted octanol–water partition coefficient (Wildman–Crippen LogP) is 1.79. The highest BCUT2D eigenvalue weighted by Gasteiger charge is 2.31. The summed E-state index contributed by atoms with van der Waals surface area (Å²) in [6.45, 7) is 1.34. The van der Waals surface area contributed by atoms with Gasteiger partial charge in [-0.2, -0.15) is 0 Å². The van der Waals surface area contributed by atoms with Crippen LogP contribution >= 0.6 is 0 Å². The quantitative estimate of drug-likeness (QED) is 0.503. The van der Waals surface area contributed by atoms with Gasteiger partial charge in [-0.05, 0) is 25.3 Å². The van der Waals surface area contributed by atoms with Crippen LogP contribution in [-0.4, -0.2) is 23.4 Å². The first-order valence-corrected chi connectivity index (χ1v) is 6.19. The van der Waals surface area contributed by atoms with E-state index in [0.717, 1.165) is 12.8 Å². The smallest absolute Gasteiger partial charge is 0.309 e. The number of carbonyl (C=O) groups is 2. The highest BCUT2D eigenvalue weighted by molar-refractivity contribution is 5.94. The summed E-state index contributed by atoms with van der Waals surface area (Å²) in [7, 11) is 0. The van der Waals surface area contributed by atoms with Gasteiger partial charge in [0.1, 0.15) is 0 Å². The van der Waals surface area contributed by atoms with E-state index in [1.54, 1.807) is 13.0 Å². The second-order valence-corrected chi connectivity index (χ2v) is 4.69. The number of hydrogen-bond acceptors (Lipinski definition) is 5. The first-order chi connectivity index (χ1) is 9.47. The second kappa shape index (κ2) is 5.68. The second-order valence-electron chi connectivity index (χ2n) is 4.69. The number of nitro benzene ring substituents is 1. The Morgan fingerprint density at radius 1 is 1.45 bits per heavy atom. The van der Waals surface area contributed by atoms with E-state index in [4.69, 9.17) is 4.74 Å². The fourth-order valence-corrected chi connectivity index (χ4v) is 1.62. The molecule has 106 valence electrons. The van der Waals surface area contributed by atoms with Crippen LogP contribution in [0.15, 0.2) is 18.2 Å². The number of nitro groups is 1. The van der Waals surface area contributed by atoms with Gasteiger partial charge in [-0.25, -0.2) is 0 Å². The van der Waals surface area contributed by atoms with Crippen molar-refractivity contribution < 1.29 is 19.2 Å². The number of rotatable bonds is 5. The Kier molecular flexibility index (Phi) is 3.97. The maximum absolute atomic E-state index is 11.6. The number of nitrogens with zero attached hydrogens (tertiary/aromatic N) is 1. The Balaban J connectivity index is 1.94. The molecule has 0 aliphatic heterocycles. The lowest BCUT2D eigenvalue weighted by atomic mass is 10.2. The van der Waals surface area contributed by atoms with E-state index in [9.17, 15) is 19.7 Å². The maximum atomic E-state index is 11.6. The van der Waals surface area contributed by atoms with Crippen molar-refractivity contribution in [3.63, 3.8) is 0 Å². The van der Waals surface area contributed by atoms with Crippen molar-refractivity contribution in [2.45, 2.75) is 19.8 Å². The van der Waals surface area contributed by atoms with Gasteiger partial charge in [0, 0.05) is 12.1 Å². The first kappa shape index (κ1) is 14.0. The minimum absolute atomic E-state index is 0.0673. The zero-order valence-electron chi connectivity index (χ0n) is 10.9. The van der Waals surface area contributed by atoms with Gasteiger partial charge in [-0.3, -0.25) is 19.7 Å². The van der Waals surface area contributed by atoms with Crippen molar-refractivity contribution >= 4 is 23.3 Å². The number of aryl methyl sites for hydroxylation is 1. The first-order valence-electron chi connectivity index (χ1n) is 6.19. The maximum Gasteiger partial charge on any atom is 0.309 e. The Morgan fingerprint density at radius 3 is 2.75 bits per heavy atom. The molecule has 0 bridgehead atoms. The summed E-state index contributed by atoms with van der Waals surface area (Å²) >= 11 is 0. The molecule has 0 unspecified atom stereocenters. The molecule has 1 amide bonds. The van der Waals surface area contributed by atoms with Gasteiger partial charge in [0.05, 0.1) is 16.5 Å². The average molecular weight is 278 g/mol. The predicted molar refractivity (Wildman–Crippen MR) is 70.1 cm³/mol. The molecule has 1 aromatic carbocycles. The summed E-state index contributed by atoms with van der Waals surface area (Å²) in [5.41, 5.74) is 0.921. The van der Waals surface area contributed by atoms with Crippen LogP contribution in [0.1, 0.15) is 18.4 Å². The van der Waals surface area contributed by atoms with Gasteiger partial charge >= 0.3 is 5.97 Å². The average Bonchev–Trinajstić information content (AvgIpc) is 3.22. The van der Waals surface area contributed by atoms with Crippen LogP contribution in [0.5, 0.6) is 0 Å². The van der Waals surface area contributed by atoms with Crippen molar-refractivity contribution in [2.24, 2.45) is 5.92 Å². The third-order valence-corrected chi connectivity index (χ3v) is 2.96. The molecular weight excluding hydrogens is 264 g/mol. The zero-order valence-corrected chi connectivity index (χ0v) is 10.9. The number of hydrogen-bond donors (Lipinski definition) is 1. The van der Waals surface area contributed by atoms with Crippen molar-refractivity contribution in [1.29, 1.82) is 0 Å². The Hall–Kier alpha value is -2.44. The molecule has 1 aliphatic rings. The number of amides is 1. The molecule has 0 saturated heterocycles. The lowest BCUT2D eigenvalue weighted by molar-refractivity contribution is -0.384. The largest absolute Gasteiger partial charge is 0.455 e. The van der Waals surface area contributed by atoms with Crippen LogP contribution in [0.25, 0.3) is 0 Å². The van der Waals surface area contributed by atoms with Gasteiger partial charge in [0.25, 0.3) is 11.6 Å². The van der Waals surface area contributed by atoms with Crippen LogP contribution in [0, 0.1) is 23.0 Å². The van der Waals surface area contributed by atoms with E-state index in [0.29, 0.717) is 11.3 Å². The van der Waals surface area contributed by atoms with Gasteiger partial charge in [-0.1, -0.05) is 6.07 Å². The standard InChI is InChI=1S/C13H14N2O5/c1-8-2-5-10(15(18)19)6-11(8)14-12(16)7-20-13(17)9-3-4-9/h2,5-6,9H,3-4,7H2,1H3,(H,14,16). The number of non-ortho nitro benzene ring substituents is 1. The third-order valence-electron chi connectivity index (χ3n) is 2.96. The van der Waals surface area contributed by atoms with E-state index in [1.165, 1.54) is 12.1 Å². The van der Waals surface area contributed by atoms with Crippen molar-refractivity contribution in [2.75, 3.05) is 11.9 Å². The Morgan fingerprint density at radius 2 is 2.15 bits per heavy atom. The molecule has 0 aromatic heterocycles. The molecule has 0 atom stereocenters. The van der Waals surface area contributed by atoms with Crippen molar-refractivity contribution in [3.05, 3.63) is 33.9 Å². The lowest BCUT2D eigenvalue weighted by Crippen LogP contribution is -2.21. The van der Waals surface area contributed by atoms with Crippen molar-refractivity contribution in [1.82, 2.24) is 0 Å². The highest BCUT2D eigenvalue weighted by Crippen LogP contribution is 2.30. The Labute approximate surface area is 115 Å². The third kappa shape index (κ3) is 3.53. The molecular formula is C13H14N2O5. The van der Waals surface area contributed by atoms with E-state index in [2.05, 4.69) is 5.32 Å². The summed E-state index contributed by atoms with van der Waals surface area (Å²) in [6.07, 6.45) is 1.62. The molecule has 7 heteroatoms. The molecule has 20 heavy (non-hydrogen) atoms. The summed E-state index contributed by atoms with van der Waals surface area (Å²) < 4.78 is 4.83. The summed E-state index contributed by atoms with van der Waals surface area (Å²) in [5, 5.41) is 13.2. The van der Waals surface area contributed by atoms with Crippen LogP contribution in [0.2, 0.25) is 0 Å². The molecule has 1 N–H and O–H groups in total. The molecule has 0 heterocycles. The van der Waals surface area contributed by atoms with Crippen molar-refractivity contribution in [3.8, 4) is 0 Å². The molecule has 0 spiro atoms. The number of carbonyl (C=O) groups excluding carboxylic acids is 2. The number of esters is 1. The van der Waals surface area contributed by atoms with Crippen LogP contribution in [-0.2, 0) is 14.3 Å². The summed E-state index contributed by atoms with van der Waals surface area (Å²) in [6, 6.07) is 4.18. The number of anilines is 1. The SMILES string of the molecule is Cc1ccc([N+](=O)[O-])cc1NC(=O)COC(=O)C1CC1. The van der Waals surface area contributed by atoms with Crippen LogP contribution in [0.3, 0.4) is 0 Å². The van der Waals surface area contributed by atoms with Gasteiger partial charge in [0.15, 0.2) is 6.61 Å². The lowest BCUT2D eigenvalue weighted by Gasteiger charge is -2.08. The number of benzene rings is 1. The number of ether oxygens (including phenoxy) is 1. The van der Waals surface area contributed by atoms with Crippen LogP contribution in [0.4, 0.5) is 11.4 Å². The molecule has 1 saturated carbocycles. The summed E-state index contributed by atoms with van der Waals surface area (Å²) in [5.74, 6) is -0.944. The number of nitrogens with one attached hydrogen (secondary N) is 1. The minimum Gasteiger partial charge on any atom is -0.455 e. The van der Waals surface area contributed by atoms with Gasteiger partial charge < -0.3 is 10.1 Å². The van der Waals surface area contributed by atoms with Gasteiger partial charge in [-0.15, -0.1) is 0 Å². The molecule has 1 fully saturated rings. The molecule has 1 aromatic rings. The van der Waals surface area contributed by atoms with E-state index in [-0.39, 0.29) is 24.2 Å². The summed E-state index contributed by atoms with van der Waals surface area (Å²) in [4.78, 5) is 33.0. The normalized spacial score (nSPS) is 13.7. The molecule has 1 aliphatic carbocycles. The minimum atomic E-state index is -0.539. The van der Waals surface area contributed by atoms with E-state index < -0.39 is 10.8 Å². The molecule has 0 radical (unpaired) electrons. The van der Waals surface area contributed by atoms with E-state index in [1.807, 2.05) is 0 Å². The molecule has 2 rings (SSSR count).